The third-order valence-corrected chi connectivity index (χ3v) is 2.45. The molecule has 0 radical (unpaired) electrons. The van der Waals surface area contributed by atoms with Crippen LogP contribution in [0, 0.1) is 6.92 Å². The highest BCUT2D eigenvalue weighted by Crippen LogP contribution is 2.15. The molecule has 0 spiro atoms. The SMILES string of the molecule is COCCCN=C(NN)NC(C)c1ccc(C)o1. The number of nitrogens with one attached hydrogen (secondary N) is 2. The van der Waals surface area contributed by atoms with Crippen LogP contribution >= 0.6 is 0 Å². The van der Waals surface area contributed by atoms with Gasteiger partial charge < -0.3 is 14.5 Å². The Bertz CT molecular complexity index is 376. The maximum absolute atomic E-state index is 5.53. The van der Waals surface area contributed by atoms with E-state index < -0.39 is 0 Å². The maximum Gasteiger partial charge on any atom is 0.206 e. The van der Waals surface area contributed by atoms with Gasteiger partial charge in [0.25, 0.3) is 0 Å². The molecule has 1 aromatic rings. The van der Waals surface area contributed by atoms with Crippen molar-refractivity contribution in [3.05, 3.63) is 23.7 Å². The fourth-order valence-corrected chi connectivity index (χ4v) is 1.50. The number of guanidine groups is 1. The van der Waals surface area contributed by atoms with Crippen LogP contribution in [0.5, 0.6) is 0 Å². The smallest absolute Gasteiger partial charge is 0.206 e. The van der Waals surface area contributed by atoms with Crippen molar-refractivity contribution >= 4 is 5.96 Å². The first-order valence-electron chi connectivity index (χ1n) is 6.00. The lowest BCUT2D eigenvalue weighted by Gasteiger charge is -2.14. The molecule has 0 fully saturated rings. The predicted octanol–water partition coefficient (Wildman–Crippen LogP) is 1.09. The van der Waals surface area contributed by atoms with Gasteiger partial charge in [0.05, 0.1) is 6.04 Å². The van der Waals surface area contributed by atoms with Crippen molar-refractivity contribution in [1.82, 2.24) is 10.7 Å². The Morgan fingerprint density at radius 3 is 2.89 bits per heavy atom. The third kappa shape index (κ3) is 4.77. The molecule has 6 heteroatoms. The van der Waals surface area contributed by atoms with E-state index in [4.69, 9.17) is 15.0 Å². The average molecular weight is 254 g/mol. The number of nitrogens with two attached hydrogens (primary N) is 1. The molecule has 0 aliphatic rings. The topological polar surface area (TPSA) is 84.8 Å². The quantitative estimate of drug-likeness (QED) is 0.233. The number of ether oxygens (including phenoxy) is 1. The van der Waals surface area contributed by atoms with Crippen LogP contribution < -0.4 is 16.6 Å². The van der Waals surface area contributed by atoms with E-state index in [1.807, 2.05) is 26.0 Å². The van der Waals surface area contributed by atoms with E-state index in [1.165, 1.54) is 0 Å². The molecule has 1 heterocycles. The van der Waals surface area contributed by atoms with Gasteiger partial charge in [-0.25, -0.2) is 5.84 Å². The van der Waals surface area contributed by atoms with Crippen molar-refractivity contribution in [2.24, 2.45) is 10.8 Å². The summed E-state index contributed by atoms with van der Waals surface area (Å²) in [5.74, 6) is 7.70. The van der Waals surface area contributed by atoms with E-state index >= 15 is 0 Å². The Morgan fingerprint density at radius 1 is 1.56 bits per heavy atom. The molecule has 6 nitrogen and oxygen atoms in total. The van der Waals surface area contributed by atoms with Crippen LogP contribution in [0.15, 0.2) is 21.5 Å². The van der Waals surface area contributed by atoms with Gasteiger partial charge in [-0.2, -0.15) is 0 Å². The molecule has 0 bridgehead atoms. The monoisotopic (exact) mass is 254 g/mol. The Hall–Kier alpha value is -1.53. The molecule has 1 rings (SSSR count). The van der Waals surface area contributed by atoms with Gasteiger partial charge in [0.2, 0.25) is 5.96 Å². The Labute approximate surface area is 108 Å². The molecule has 0 amide bonds. The second kappa shape index (κ2) is 7.73. The summed E-state index contributed by atoms with van der Waals surface area (Å²) in [7, 11) is 1.67. The van der Waals surface area contributed by atoms with E-state index in [1.54, 1.807) is 7.11 Å². The Kier molecular flexibility index (Phi) is 6.24. The van der Waals surface area contributed by atoms with Gasteiger partial charge in [-0.05, 0) is 32.4 Å². The normalized spacial score (nSPS) is 13.4. The van der Waals surface area contributed by atoms with Crippen LogP contribution in [-0.4, -0.2) is 26.2 Å². The minimum Gasteiger partial charge on any atom is -0.464 e. The number of methoxy groups -OCH3 is 1. The van der Waals surface area contributed by atoms with Crippen LogP contribution in [0.2, 0.25) is 0 Å². The van der Waals surface area contributed by atoms with Crippen molar-refractivity contribution < 1.29 is 9.15 Å². The first-order chi connectivity index (χ1) is 8.67. The van der Waals surface area contributed by atoms with Crippen LogP contribution in [0.4, 0.5) is 0 Å². The minimum atomic E-state index is 0.0101. The number of furan rings is 1. The summed E-state index contributed by atoms with van der Waals surface area (Å²) >= 11 is 0. The van der Waals surface area contributed by atoms with Crippen LogP contribution in [0.25, 0.3) is 0 Å². The molecule has 1 unspecified atom stereocenters. The molecule has 1 aromatic heterocycles. The predicted molar refractivity (Wildman–Crippen MR) is 71.1 cm³/mol. The molecule has 18 heavy (non-hydrogen) atoms. The van der Waals surface area contributed by atoms with Crippen molar-refractivity contribution in [2.45, 2.75) is 26.3 Å². The Morgan fingerprint density at radius 2 is 2.33 bits per heavy atom. The fourth-order valence-electron chi connectivity index (χ4n) is 1.50. The highest BCUT2D eigenvalue weighted by Gasteiger charge is 2.10. The molecular weight excluding hydrogens is 232 g/mol. The van der Waals surface area contributed by atoms with Gasteiger partial charge in [0.1, 0.15) is 11.5 Å². The van der Waals surface area contributed by atoms with Gasteiger partial charge in [-0.15, -0.1) is 0 Å². The molecule has 1 atom stereocenters. The van der Waals surface area contributed by atoms with Crippen LogP contribution in [-0.2, 0) is 4.74 Å². The summed E-state index contributed by atoms with van der Waals surface area (Å²) in [6.45, 7) is 5.25. The van der Waals surface area contributed by atoms with E-state index in [-0.39, 0.29) is 6.04 Å². The summed E-state index contributed by atoms with van der Waals surface area (Å²) in [4.78, 5) is 4.30. The zero-order valence-electron chi connectivity index (χ0n) is 11.2. The van der Waals surface area contributed by atoms with E-state index in [0.717, 1.165) is 17.9 Å². The first-order valence-corrected chi connectivity index (χ1v) is 6.00. The summed E-state index contributed by atoms with van der Waals surface area (Å²) in [6.07, 6.45) is 0.859. The molecule has 0 aliphatic heterocycles. The number of hydrogen-bond acceptors (Lipinski definition) is 4. The largest absolute Gasteiger partial charge is 0.464 e. The number of rotatable bonds is 6. The maximum atomic E-state index is 5.53. The fraction of sp³-hybridized carbons (Fsp3) is 0.583. The van der Waals surface area contributed by atoms with Crippen molar-refractivity contribution in [1.29, 1.82) is 0 Å². The Balaban J connectivity index is 2.46. The lowest BCUT2D eigenvalue weighted by Crippen LogP contribution is -2.42. The molecule has 0 aliphatic carbocycles. The summed E-state index contributed by atoms with van der Waals surface area (Å²) < 4.78 is 10.5. The van der Waals surface area contributed by atoms with Crippen molar-refractivity contribution in [2.75, 3.05) is 20.3 Å². The number of hydrogen-bond donors (Lipinski definition) is 3. The zero-order valence-corrected chi connectivity index (χ0v) is 11.2. The lowest BCUT2D eigenvalue weighted by atomic mass is 10.2. The third-order valence-electron chi connectivity index (χ3n) is 2.45. The zero-order chi connectivity index (χ0) is 13.4. The molecular formula is C12H22N4O2. The van der Waals surface area contributed by atoms with Crippen LogP contribution in [0.3, 0.4) is 0 Å². The number of aliphatic imine (C=N–C) groups is 1. The first kappa shape index (κ1) is 14.5. The minimum absolute atomic E-state index is 0.0101. The van der Waals surface area contributed by atoms with Crippen LogP contribution in [0.1, 0.15) is 30.9 Å². The molecule has 0 saturated heterocycles. The molecule has 0 aromatic carbocycles. The lowest BCUT2D eigenvalue weighted by molar-refractivity contribution is 0.197. The molecule has 0 saturated carbocycles. The number of hydrazine groups is 1. The highest BCUT2D eigenvalue weighted by atomic mass is 16.5. The van der Waals surface area contributed by atoms with E-state index in [2.05, 4.69) is 15.7 Å². The number of aryl methyl sites for hydroxylation is 1. The van der Waals surface area contributed by atoms with Crippen molar-refractivity contribution in [3.63, 3.8) is 0 Å². The summed E-state index contributed by atoms with van der Waals surface area (Å²) in [5.41, 5.74) is 2.54. The van der Waals surface area contributed by atoms with Gasteiger partial charge >= 0.3 is 0 Å². The van der Waals surface area contributed by atoms with Gasteiger partial charge in [-0.3, -0.25) is 10.4 Å². The van der Waals surface area contributed by atoms with Gasteiger partial charge in [0.15, 0.2) is 0 Å². The second-order valence-corrected chi connectivity index (χ2v) is 4.04. The average Bonchev–Trinajstić information content (AvgIpc) is 2.79. The van der Waals surface area contributed by atoms with E-state index in [9.17, 15) is 0 Å². The van der Waals surface area contributed by atoms with E-state index in [0.29, 0.717) is 19.1 Å². The molecule has 102 valence electrons. The van der Waals surface area contributed by atoms with Gasteiger partial charge in [0, 0.05) is 20.3 Å². The standard InChI is InChI=1S/C12H22N4O2/c1-9-5-6-11(18-9)10(2)15-12(16-13)14-7-4-8-17-3/h5-6,10H,4,7-8,13H2,1-3H3,(H2,14,15,16). The second-order valence-electron chi connectivity index (χ2n) is 4.04. The van der Waals surface area contributed by atoms with Gasteiger partial charge in [-0.1, -0.05) is 0 Å². The summed E-state index contributed by atoms with van der Waals surface area (Å²) in [6, 6.07) is 3.88. The molecule has 4 N–H and O–H groups in total. The van der Waals surface area contributed by atoms with Crippen molar-refractivity contribution in [3.8, 4) is 0 Å². The number of nitrogens with zero attached hydrogens (tertiary/aromatic N) is 1. The highest BCUT2D eigenvalue weighted by molar-refractivity contribution is 5.79. The summed E-state index contributed by atoms with van der Waals surface area (Å²) in [5, 5.41) is 3.15.